The molecule has 0 spiro atoms. The molecular formula is C17H30IN5O2S. The van der Waals surface area contributed by atoms with Gasteiger partial charge in [0.05, 0.1) is 5.41 Å². The van der Waals surface area contributed by atoms with E-state index in [-0.39, 0.29) is 42.3 Å². The molecular weight excluding hydrogens is 465 g/mol. The Morgan fingerprint density at radius 1 is 1.27 bits per heavy atom. The number of nitrogens with zero attached hydrogens (tertiary/aromatic N) is 2. The molecule has 1 aromatic rings. The number of thiophene rings is 1. The van der Waals surface area contributed by atoms with Gasteiger partial charge in [0.2, 0.25) is 11.8 Å². The molecule has 148 valence electrons. The van der Waals surface area contributed by atoms with Crippen LogP contribution < -0.4 is 16.0 Å². The number of hydrogen-bond acceptors (Lipinski definition) is 4. The number of nitrogens with one attached hydrogen (secondary N) is 3. The fourth-order valence-corrected chi connectivity index (χ4v) is 2.65. The summed E-state index contributed by atoms with van der Waals surface area (Å²) in [5, 5.41) is 11.1. The van der Waals surface area contributed by atoms with Gasteiger partial charge in [-0.15, -0.1) is 35.3 Å². The fourth-order valence-electron chi connectivity index (χ4n) is 1.94. The Morgan fingerprint density at radius 2 is 1.96 bits per heavy atom. The van der Waals surface area contributed by atoms with Gasteiger partial charge in [-0.25, -0.2) is 4.99 Å². The fraction of sp³-hybridized carbons (Fsp3) is 0.588. The average molecular weight is 495 g/mol. The van der Waals surface area contributed by atoms with Gasteiger partial charge >= 0.3 is 0 Å². The minimum absolute atomic E-state index is 0. The van der Waals surface area contributed by atoms with Gasteiger partial charge in [0.25, 0.3) is 0 Å². The number of guanidine groups is 1. The number of halogens is 1. The van der Waals surface area contributed by atoms with Crippen molar-refractivity contribution in [2.45, 2.75) is 20.3 Å². The molecule has 0 saturated carbocycles. The Labute approximate surface area is 177 Å². The third-order valence-corrected chi connectivity index (χ3v) is 4.59. The zero-order valence-electron chi connectivity index (χ0n) is 16.1. The van der Waals surface area contributed by atoms with Crippen LogP contribution in [-0.4, -0.2) is 63.5 Å². The van der Waals surface area contributed by atoms with Crippen LogP contribution >= 0.6 is 35.3 Å². The minimum atomic E-state index is -0.587. The summed E-state index contributed by atoms with van der Waals surface area (Å²) < 4.78 is 0. The van der Waals surface area contributed by atoms with Crippen LogP contribution in [0.25, 0.3) is 0 Å². The first-order valence-electron chi connectivity index (χ1n) is 8.23. The third kappa shape index (κ3) is 8.84. The summed E-state index contributed by atoms with van der Waals surface area (Å²) in [5.41, 5.74) is -0.587. The first kappa shape index (κ1) is 24.6. The van der Waals surface area contributed by atoms with E-state index in [9.17, 15) is 9.59 Å². The zero-order chi connectivity index (χ0) is 18.9. The van der Waals surface area contributed by atoms with Gasteiger partial charge in [-0.3, -0.25) is 9.59 Å². The van der Waals surface area contributed by atoms with Gasteiger partial charge < -0.3 is 20.9 Å². The maximum atomic E-state index is 11.9. The molecule has 0 unspecified atom stereocenters. The first-order valence-corrected chi connectivity index (χ1v) is 9.11. The van der Waals surface area contributed by atoms with Crippen LogP contribution in [0, 0.1) is 5.41 Å². The van der Waals surface area contributed by atoms with Gasteiger partial charge in [-0.05, 0) is 31.7 Å². The summed E-state index contributed by atoms with van der Waals surface area (Å²) >= 11 is 1.71. The summed E-state index contributed by atoms with van der Waals surface area (Å²) in [4.78, 5) is 30.8. The van der Waals surface area contributed by atoms with Gasteiger partial charge in [-0.2, -0.15) is 0 Å². The quantitative estimate of drug-likeness (QED) is 0.289. The van der Waals surface area contributed by atoms with Crippen LogP contribution in [0.2, 0.25) is 0 Å². The minimum Gasteiger partial charge on any atom is -0.359 e. The molecule has 26 heavy (non-hydrogen) atoms. The maximum Gasteiger partial charge on any atom is 0.243 e. The Morgan fingerprint density at radius 3 is 2.50 bits per heavy atom. The molecule has 0 saturated heterocycles. The second-order valence-electron chi connectivity index (χ2n) is 6.53. The largest absolute Gasteiger partial charge is 0.359 e. The Hall–Kier alpha value is -1.36. The lowest BCUT2D eigenvalue weighted by molar-refractivity contribution is -0.128. The molecule has 0 aromatic carbocycles. The normalized spacial score (nSPS) is 11.3. The summed E-state index contributed by atoms with van der Waals surface area (Å²) in [5.74, 6) is 0.399. The molecule has 0 aliphatic carbocycles. The van der Waals surface area contributed by atoms with Crippen molar-refractivity contribution in [1.82, 2.24) is 20.9 Å². The number of rotatable bonds is 8. The van der Waals surface area contributed by atoms with Gasteiger partial charge in [0.1, 0.15) is 6.54 Å². The second kappa shape index (κ2) is 12.1. The lowest BCUT2D eigenvalue weighted by atomic mass is 9.92. The molecule has 9 heteroatoms. The van der Waals surface area contributed by atoms with E-state index in [1.54, 1.807) is 32.5 Å². The van der Waals surface area contributed by atoms with E-state index >= 15 is 0 Å². The molecule has 7 nitrogen and oxygen atoms in total. The summed E-state index contributed by atoms with van der Waals surface area (Å²) in [6.45, 7) is 4.87. The van der Waals surface area contributed by atoms with E-state index < -0.39 is 5.41 Å². The Balaban J connectivity index is 0.00000625. The molecule has 1 aromatic heterocycles. The molecule has 0 aliphatic heterocycles. The molecule has 0 fully saturated rings. The predicted molar refractivity (Wildman–Crippen MR) is 118 cm³/mol. The standard InChI is InChI=1S/C17H29N5O2S.HI/c1-17(2,15(24)18-3)12-21-16(20-11-14(23)22(4)5)19-9-8-13-7-6-10-25-13;/h6-7,10H,8-9,11-12H2,1-5H3,(H,18,24)(H2,19,20,21);1H. The molecule has 1 rings (SSSR count). The van der Waals surface area contributed by atoms with Crippen molar-refractivity contribution in [2.24, 2.45) is 10.4 Å². The van der Waals surface area contributed by atoms with Crippen molar-refractivity contribution in [3.05, 3.63) is 22.4 Å². The van der Waals surface area contributed by atoms with Gasteiger partial charge in [0, 0.05) is 39.1 Å². The number of hydrogen-bond donors (Lipinski definition) is 3. The smallest absolute Gasteiger partial charge is 0.243 e. The van der Waals surface area contributed by atoms with Gasteiger partial charge in [-0.1, -0.05) is 6.07 Å². The number of amides is 2. The highest BCUT2D eigenvalue weighted by atomic mass is 127. The average Bonchev–Trinajstić information content (AvgIpc) is 3.08. The van der Waals surface area contributed by atoms with Crippen LogP contribution in [0.15, 0.2) is 22.5 Å². The maximum absolute atomic E-state index is 11.9. The van der Waals surface area contributed by atoms with E-state index in [4.69, 9.17) is 0 Å². The van der Waals surface area contributed by atoms with Crippen molar-refractivity contribution in [2.75, 3.05) is 40.8 Å². The number of aliphatic imine (C=N–C) groups is 1. The topological polar surface area (TPSA) is 85.8 Å². The third-order valence-electron chi connectivity index (χ3n) is 3.65. The molecule has 0 atom stereocenters. The number of carbonyl (C=O) groups excluding carboxylic acids is 2. The van der Waals surface area contributed by atoms with Crippen molar-refractivity contribution in [3.63, 3.8) is 0 Å². The number of carbonyl (C=O) groups is 2. The Bertz CT molecular complexity index is 588. The molecule has 1 heterocycles. The number of likely N-dealkylation sites (N-methyl/N-ethyl adjacent to an activating group) is 1. The van der Waals surface area contributed by atoms with Gasteiger partial charge in [0.15, 0.2) is 5.96 Å². The molecule has 0 aliphatic rings. The van der Waals surface area contributed by atoms with Crippen LogP contribution in [0.4, 0.5) is 0 Å². The van der Waals surface area contributed by atoms with Crippen molar-refractivity contribution < 1.29 is 9.59 Å². The lowest BCUT2D eigenvalue weighted by Crippen LogP contribution is -2.47. The lowest BCUT2D eigenvalue weighted by Gasteiger charge is -2.24. The highest BCUT2D eigenvalue weighted by molar-refractivity contribution is 14.0. The van der Waals surface area contributed by atoms with E-state index in [0.717, 1.165) is 6.42 Å². The van der Waals surface area contributed by atoms with Crippen LogP contribution in [0.3, 0.4) is 0 Å². The highest BCUT2D eigenvalue weighted by Gasteiger charge is 2.26. The molecule has 0 radical (unpaired) electrons. The SMILES string of the molecule is CNC(=O)C(C)(C)CNC(=NCC(=O)N(C)C)NCCc1cccs1.I. The van der Waals surface area contributed by atoms with Crippen LogP contribution in [0.5, 0.6) is 0 Å². The zero-order valence-corrected chi connectivity index (χ0v) is 19.2. The molecule has 0 bridgehead atoms. The van der Waals surface area contributed by atoms with Crippen molar-refractivity contribution in [1.29, 1.82) is 0 Å². The van der Waals surface area contributed by atoms with E-state index in [0.29, 0.717) is 19.0 Å². The van der Waals surface area contributed by atoms with Crippen LogP contribution in [-0.2, 0) is 16.0 Å². The van der Waals surface area contributed by atoms with Crippen LogP contribution in [0.1, 0.15) is 18.7 Å². The molecule has 2 amide bonds. The summed E-state index contributed by atoms with van der Waals surface area (Å²) in [6, 6.07) is 4.11. The summed E-state index contributed by atoms with van der Waals surface area (Å²) in [7, 11) is 5.02. The Kier molecular flexibility index (Phi) is 11.5. The summed E-state index contributed by atoms with van der Waals surface area (Å²) in [6.07, 6.45) is 0.874. The second-order valence-corrected chi connectivity index (χ2v) is 7.56. The monoisotopic (exact) mass is 495 g/mol. The van der Waals surface area contributed by atoms with E-state index in [1.165, 1.54) is 9.78 Å². The van der Waals surface area contributed by atoms with Crippen molar-refractivity contribution in [3.8, 4) is 0 Å². The first-order chi connectivity index (χ1) is 11.8. The van der Waals surface area contributed by atoms with Crippen molar-refractivity contribution >= 4 is 53.1 Å². The predicted octanol–water partition coefficient (Wildman–Crippen LogP) is 1.30. The highest BCUT2D eigenvalue weighted by Crippen LogP contribution is 2.13. The van der Waals surface area contributed by atoms with E-state index in [1.807, 2.05) is 25.3 Å². The molecule has 3 N–H and O–H groups in total. The van der Waals surface area contributed by atoms with E-state index in [2.05, 4.69) is 27.0 Å².